The van der Waals surface area contributed by atoms with E-state index in [1.807, 2.05) is 30.3 Å². The molecule has 0 saturated carbocycles. The smallest absolute Gasteiger partial charge is 0.217 e. The summed E-state index contributed by atoms with van der Waals surface area (Å²) in [5.41, 5.74) is 2.26. The van der Waals surface area contributed by atoms with Crippen LogP contribution in [0.15, 0.2) is 42.6 Å². The topological polar surface area (TPSA) is 22.1 Å². The van der Waals surface area contributed by atoms with Crippen molar-refractivity contribution in [2.45, 2.75) is 32.8 Å². The number of benzene rings is 1. The average molecular weight is 276 g/mol. The predicted octanol–water partition coefficient (Wildman–Crippen LogP) is 4.83. The van der Waals surface area contributed by atoms with Crippen molar-refractivity contribution in [3.8, 4) is 5.88 Å². The first-order chi connectivity index (χ1) is 9.24. The monoisotopic (exact) mass is 275 g/mol. The number of aromatic nitrogens is 1. The molecule has 0 fully saturated rings. The van der Waals surface area contributed by atoms with E-state index in [1.54, 1.807) is 6.20 Å². The Morgan fingerprint density at radius 2 is 1.89 bits per heavy atom. The number of nitrogens with zero attached hydrogens (tertiary/aromatic N) is 1. The van der Waals surface area contributed by atoms with Crippen molar-refractivity contribution in [3.05, 3.63) is 58.7 Å². The van der Waals surface area contributed by atoms with Crippen LogP contribution in [0.25, 0.3) is 0 Å². The quantitative estimate of drug-likeness (QED) is 0.780. The SMILES string of the molecule is CCc1cccnc1O[C@@H](CC)c1ccc(Cl)cc1. The van der Waals surface area contributed by atoms with Crippen molar-refractivity contribution >= 4 is 11.6 Å². The summed E-state index contributed by atoms with van der Waals surface area (Å²) in [6.45, 7) is 4.21. The van der Waals surface area contributed by atoms with Gasteiger partial charge >= 0.3 is 0 Å². The summed E-state index contributed by atoms with van der Waals surface area (Å²) >= 11 is 5.91. The largest absolute Gasteiger partial charge is 0.469 e. The molecule has 2 nitrogen and oxygen atoms in total. The Morgan fingerprint density at radius 3 is 2.53 bits per heavy atom. The minimum absolute atomic E-state index is 0.0115. The van der Waals surface area contributed by atoms with Crippen molar-refractivity contribution in [1.29, 1.82) is 0 Å². The van der Waals surface area contributed by atoms with Gasteiger partial charge in [-0.1, -0.05) is 43.6 Å². The molecule has 0 aliphatic heterocycles. The third kappa shape index (κ3) is 3.48. The first-order valence-electron chi connectivity index (χ1n) is 6.60. The van der Waals surface area contributed by atoms with E-state index in [0.717, 1.165) is 34.9 Å². The maximum Gasteiger partial charge on any atom is 0.217 e. The van der Waals surface area contributed by atoms with Gasteiger partial charge < -0.3 is 4.74 Å². The maximum atomic E-state index is 6.06. The first-order valence-corrected chi connectivity index (χ1v) is 6.98. The summed E-state index contributed by atoms with van der Waals surface area (Å²) in [5.74, 6) is 0.729. The molecule has 2 rings (SSSR count). The molecule has 0 N–H and O–H groups in total. The van der Waals surface area contributed by atoms with Gasteiger partial charge in [0, 0.05) is 16.8 Å². The van der Waals surface area contributed by atoms with Gasteiger partial charge in [0.2, 0.25) is 5.88 Å². The molecule has 0 saturated heterocycles. The summed E-state index contributed by atoms with van der Waals surface area (Å²) < 4.78 is 6.06. The summed E-state index contributed by atoms with van der Waals surface area (Å²) in [4.78, 5) is 4.33. The van der Waals surface area contributed by atoms with E-state index in [1.165, 1.54) is 0 Å². The van der Waals surface area contributed by atoms with E-state index in [-0.39, 0.29) is 6.10 Å². The van der Waals surface area contributed by atoms with Crippen molar-refractivity contribution in [1.82, 2.24) is 4.98 Å². The molecule has 100 valence electrons. The van der Waals surface area contributed by atoms with Gasteiger partial charge in [-0.3, -0.25) is 0 Å². The number of halogens is 1. The van der Waals surface area contributed by atoms with Crippen molar-refractivity contribution in [3.63, 3.8) is 0 Å². The summed E-state index contributed by atoms with van der Waals surface area (Å²) in [6.07, 6.45) is 3.59. The number of hydrogen-bond acceptors (Lipinski definition) is 2. The Hall–Kier alpha value is -1.54. The average Bonchev–Trinajstić information content (AvgIpc) is 2.46. The molecule has 1 heterocycles. The molecule has 1 atom stereocenters. The van der Waals surface area contributed by atoms with Gasteiger partial charge in [0.1, 0.15) is 6.10 Å². The van der Waals surface area contributed by atoms with Crippen LogP contribution in [0.5, 0.6) is 5.88 Å². The van der Waals surface area contributed by atoms with Crippen LogP contribution in [-0.2, 0) is 6.42 Å². The number of ether oxygens (including phenoxy) is 1. The van der Waals surface area contributed by atoms with E-state index in [2.05, 4.69) is 24.9 Å². The van der Waals surface area contributed by atoms with Gasteiger partial charge in [0.05, 0.1) is 0 Å². The van der Waals surface area contributed by atoms with Crippen LogP contribution in [0.3, 0.4) is 0 Å². The van der Waals surface area contributed by atoms with Gasteiger partial charge in [-0.15, -0.1) is 0 Å². The fourth-order valence-corrected chi connectivity index (χ4v) is 2.12. The highest BCUT2D eigenvalue weighted by Crippen LogP contribution is 2.26. The van der Waals surface area contributed by atoms with Crippen molar-refractivity contribution in [2.75, 3.05) is 0 Å². The molecule has 19 heavy (non-hydrogen) atoms. The molecule has 3 heteroatoms. The highest BCUT2D eigenvalue weighted by atomic mass is 35.5. The Morgan fingerprint density at radius 1 is 1.16 bits per heavy atom. The molecule has 0 unspecified atom stereocenters. The van der Waals surface area contributed by atoms with Crippen molar-refractivity contribution in [2.24, 2.45) is 0 Å². The fraction of sp³-hybridized carbons (Fsp3) is 0.312. The van der Waals surface area contributed by atoms with Crippen LogP contribution in [0.1, 0.15) is 37.5 Å². The molecule has 0 bridgehead atoms. The van der Waals surface area contributed by atoms with Gasteiger partial charge in [0.15, 0.2) is 0 Å². The lowest BCUT2D eigenvalue weighted by Gasteiger charge is -2.19. The van der Waals surface area contributed by atoms with Crippen LogP contribution in [-0.4, -0.2) is 4.98 Å². The van der Waals surface area contributed by atoms with E-state index in [9.17, 15) is 0 Å². The van der Waals surface area contributed by atoms with Crippen LogP contribution >= 0.6 is 11.6 Å². The summed E-state index contributed by atoms with van der Waals surface area (Å²) in [5, 5.41) is 0.741. The number of aryl methyl sites for hydroxylation is 1. The molecular weight excluding hydrogens is 258 g/mol. The second kappa shape index (κ2) is 6.58. The number of pyridine rings is 1. The molecular formula is C16H18ClNO. The standard InChI is InChI=1S/C16H18ClNO/c1-3-12-6-5-11-18-16(12)19-15(4-2)13-7-9-14(17)10-8-13/h5-11,15H,3-4H2,1-2H3/t15-/m0/s1. The minimum Gasteiger partial charge on any atom is -0.469 e. The third-order valence-electron chi connectivity index (χ3n) is 3.10. The molecule has 1 aromatic carbocycles. The second-order valence-corrected chi connectivity index (χ2v) is 4.82. The van der Waals surface area contributed by atoms with Crippen LogP contribution in [0.4, 0.5) is 0 Å². The maximum absolute atomic E-state index is 6.06. The minimum atomic E-state index is 0.0115. The molecule has 0 aliphatic carbocycles. The van der Waals surface area contributed by atoms with Crippen LogP contribution in [0.2, 0.25) is 5.02 Å². The highest BCUT2D eigenvalue weighted by Gasteiger charge is 2.13. The summed E-state index contributed by atoms with van der Waals surface area (Å²) in [7, 11) is 0. The predicted molar refractivity (Wildman–Crippen MR) is 78.7 cm³/mol. The Labute approximate surface area is 119 Å². The number of hydrogen-bond donors (Lipinski definition) is 0. The lowest BCUT2D eigenvalue weighted by atomic mass is 10.1. The molecule has 0 amide bonds. The van der Waals surface area contributed by atoms with Gasteiger partial charge in [0.25, 0.3) is 0 Å². The lowest BCUT2D eigenvalue weighted by Crippen LogP contribution is -2.08. The molecule has 0 spiro atoms. The van der Waals surface area contributed by atoms with E-state index in [0.29, 0.717) is 0 Å². The molecule has 0 aliphatic rings. The van der Waals surface area contributed by atoms with E-state index >= 15 is 0 Å². The Bertz CT molecular complexity index is 525. The van der Waals surface area contributed by atoms with Gasteiger partial charge in [-0.2, -0.15) is 0 Å². The number of rotatable bonds is 5. The van der Waals surface area contributed by atoms with Gasteiger partial charge in [-0.05, 0) is 36.6 Å². The zero-order valence-corrected chi connectivity index (χ0v) is 12.0. The van der Waals surface area contributed by atoms with Gasteiger partial charge in [-0.25, -0.2) is 4.98 Å². The normalized spacial score (nSPS) is 12.2. The Balaban J connectivity index is 2.21. The zero-order valence-electron chi connectivity index (χ0n) is 11.3. The third-order valence-corrected chi connectivity index (χ3v) is 3.35. The second-order valence-electron chi connectivity index (χ2n) is 4.39. The Kier molecular flexibility index (Phi) is 4.80. The summed E-state index contributed by atoms with van der Waals surface area (Å²) in [6, 6.07) is 11.8. The fourth-order valence-electron chi connectivity index (χ4n) is 2.00. The molecule has 1 aromatic heterocycles. The zero-order chi connectivity index (χ0) is 13.7. The van der Waals surface area contributed by atoms with E-state index in [4.69, 9.17) is 16.3 Å². The first kappa shape index (κ1) is 13.9. The lowest BCUT2D eigenvalue weighted by molar-refractivity contribution is 0.191. The van der Waals surface area contributed by atoms with Crippen LogP contribution < -0.4 is 4.74 Å². The molecule has 0 radical (unpaired) electrons. The van der Waals surface area contributed by atoms with Crippen molar-refractivity contribution < 1.29 is 4.74 Å². The molecule has 2 aromatic rings. The van der Waals surface area contributed by atoms with E-state index < -0.39 is 0 Å². The van der Waals surface area contributed by atoms with Crippen LogP contribution in [0, 0.1) is 0 Å². The highest BCUT2D eigenvalue weighted by molar-refractivity contribution is 6.30.